The van der Waals surface area contributed by atoms with Gasteiger partial charge in [-0.25, -0.2) is 4.79 Å². The molecule has 0 heterocycles. The van der Waals surface area contributed by atoms with Crippen molar-refractivity contribution in [2.75, 3.05) is 6.61 Å². The molecule has 0 saturated heterocycles. The second-order valence-electron chi connectivity index (χ2n) is 5.51. The van der Waals surface area contributed by atoms with Gasteiger partial charge in [0.1, 0.15) is 5.75 Å². The number of carbonyl (C=O) groups excluding carboxylic acids is 1. The van der Waals surface area contributed by atoms with Crippen LogP contribution in [0.1, 0.15) is 38.3 Å². The zero-order valence-corrected chi connectivity index (χ0v) is 11.7. The van der Waals surface area contributed by atoms with E-state index < -0.39 is 5.97 Å². The van der Waals surface area contributed by atoms with Crippen LogP contribution in [-0.2, 0) is 9.59 Å². The quantitative estimate of drug-likeness (QED) is 0.835. The number of amides is 1. The topological polar surface area (TPSA) is 75.6 Å². The van der Waals surface area contributed by atoms with Gasteiger partial charge in [0.25, 0.3) is 0 Å². The molecule has 20 heavy (non-hydrogen) atoms. The first-order valence-electron chi connectivity index (χ1n) is 6.66. The maximum Gasteiger partial charge on any atom is 0.341 e. The van der Waals surface area contributed by atoms with Gasteiger partial charge in [-0.1, -0.05) is 19.1 Å². The van der Waals surface area contributed by atoms with Crippen molar-refractivity contribution in [1.82, 2.24) is 5.32 Å². The van der Waals surface area contributed by atoms with Gasteiger partial charge >= 0.3 is 5.97 Å². The number of nitrogens with one attached hydrogen (secondary N) is 1. The van der Waals surface area contributed by atoms with Crippen LogP contribution < -0.4 is 10.1 Å². The fourth-order valence-electron chi connectivity index (χ4n) is 1.87. The van der Waals surface area contributed by atoms with Gasteiger partial charge in [0.2, 0.25) is 5.91 Å². The normalized spacial score (nSPS) is 17.1. The molecule has 0 radical (unpaired) electrons. The van der Waals surface area contributed by atoms with Crippen LogP contribution in [0.15, 0.2) is 24.3 Å². The van der Waals surface area contributed by atoms with Crippen molar-refractivity contribution in [3.63, 3.8) is 0 Å². The lowest BCUT2D eigenvalue weighted by molar-refractivity contribution is -0.139. The van der Waals surface area contributed by atoms with Crippen LogP contribution in [0, 0.1) is 5.41 Å². The monoisotopic (exact) mass is 277 g/mol. The number of hydrogen-bond acceptors (Lipinski definition) is 3. The summed E-state index contributed by atoms with van der Waals surface area (Å²) in [6, 6.07) is 7.00. The summed E-state index contributed by atoms with van der Waals surface area (Å²) >= 11 is 0. The van der Waals surface area contributed by atoms with Gasteiger partial charge < -0.3 is 15.2 Å². The summed E-state index contributed by atoms with van der Waals surface area (Å²) in [5, 5.41) is 11.5. The van der Waals surface area contributed by atoms with Gasteiger partial charge in [-0.15, -0.1) is 0 Å². The summed E-state index contributed by atoms with van der Waals surface area (Å²) in [7, 11) is 0. The third-order valence-corrected chi connectivity index (χ3v) is 3.64. The molecule has 1 saturated carbocycles. The van der Waals surface area contributed by atoms with Crippen LogP contribution in [0.4, 0.5) is 0 Å². The van der Waals surface area contributed by atoms with E-state index in [1.54, 1.807) is 12.1 Å². The smallest absolute Gasteiger partial charge is 0.341 e. The van der Waals surface area contributed by atoms with E-state index in [0.29, 0.717) is 5.75 Å². The van der Waals surface area contributed by atoms with E-state index >= 15 is 0 Å². The zero-order chi connectivity index (χ0) is 14.8. The van der Waals surface area contributed by atoms with Gasteiger partial charge in [-0.3, -0.25) is 4.79 Å². The summed E-state index contributed by atoms with van der Waals surface area (Å²) in [6.07, 6.45) is 1.90. The number of aliphatic carboxylic acids is 1. The second-order valence-corrected chi connectivity index (χ2v) is 5.51. The minimum atomic E-state index is -1.01. The predicted molar refractivity (Wildman–Crippen MR) is 73.5 cm³/mol. The number of carboxylic acid groups (broad SMARTS) is 1. The largest absolute Gasteiger partial charge is 0.482 e. The van der Waals surface area contributed by atoms with Crippen LogP contribution in [0.3, 0.4) is 0 Å². The molecule has 5 heteroatoms. The molecular formula is C15H19NO4. The summed E-state index contributed by atoms with van der Waals surface area (Å²) in [5.41, 5.74) is 0.781. The first kappa shape index (κ1) is 14.4. The molecule has 0 aromatic heterocycles. The van der Waals surface area contributed by atoms with Crippen LogP contribution in [0.2, 0.25) is 0 Å². The lowest BCUT2D eigenvalue weighted by Crippen LogP contribution is -2.32. The highest BCUT2D eigenvalue weighted by molar-refractivity contribution is 5.85. The Labute approximate surface area is 117 Å². The van der Waals surface area contributed by atoms with Gasteiger partial charge in [-0.2, -0.15) is 0 Å². The minimum Gasteiger partial charge on any atom is -0.482 e. The molecule has 5 nitrogen and oxygen atoms in total. The highest BCUT2D eigenvalue weighted by Gasteiger charge is 2.45. The highest BCUT2D eigenvalue weighted by atomic mass is 16.5. The number of benzene rings is 1. The molecule has 1 aliphatic rings. The Morgan fingerprint density at radius 2 is 1.95 bits per heavy atom. The van der Waals surface area contributed by atoms with Gasteiger partial charge in [0.05, 0.1) is 6.04 Å². The fourth-order valence-corrected chi connectivity index (χ4v) is 1.87. The molecule has 108 valence electrons. The van der Waals surface area contributed by atoms with Crippen LogP contribution in [0.25, 0.3) is 0 Å². The highest BCUT2D eigenvalue weighted by Crippen LogP contribution is 2.45. The van der Waals surface area contributed by atoms with Crippen LogP contribution >= 0.6 is 0 Å². The summed E-state index contributed by atoms with van der Waals surface area (Å²) in [6.45, 7) is 3.54. The molecule has 1 aromatic carbocycles. The van der Waals surface area contributed by atoms with E-state index in [1.165, 1.54) is 0 Å². The van der Waals surface area contributed by atoms with E-state index in [-0.39, 0.29) is 24.0 Å². The predicted octanol–water partition coefficient (Wildman–Crippen LogP) is 2.13. The van der Waals surface area contributed by atoms with E-state index in [1.807, 2.05) is 26.0 Å². The van der Waals surface area contributed by atoms with Crippen molar-refractivity contribution < 1.29 is 19.4 Å². The van der Waals surface area contributed by atoms with Gasteiger partial charge in [0.15, 0.2) is 6.61 Å². The number of rotatable bonds is 6. The Kier molecular flexibility index (Phi) is 3.97. The number of carbonyl (C=O) groups is 2. The van der Waals surface area contributed by atoms with E-state index in [4.69, 9.17) is 9.84 Å². The second kappa shape index (κ2) is 5.53. The Hall–Kier alpha value is -2.04. The Bertz CT molecular complexity index is 505. The lowest BCUT2D eigenvalue weighted by atomic mass is 10.1. The molecule has 2 rings (SSSR count). The molecule has 0 aliphatic heterocycles. The van der Waals surface area contributed by atoms with Crippen LogP contribution in [-0.4, -0.2) is 23.6 Å². The van der Waals surface area contributed by atoms with E-state index in [2.05, 4.69) is 5.32 Å². The molecule has 2 N–H and O–H groups in total. The van der Waals surface area contributed by atoms with Crippen LogP contribution in [0.5, 0.6) is 5.75 Å². The van der Waals surface area contributed by atoms with Gasteiger partial charge in [0, 0.05) is 5.41 Å². The average Bonchev–Trinajstić information content (AvgIpc) is 3.16. The first-order chi connectivity index (χ1) is 9.40. The standard InChI is InChI=1S/C15H19NO4/c1-10(16-14(19)15(2)7-8-15)11-3-5-12(6-4-11)20-9-13(17)18/h3-6,10H,7-9H2,1-2H3,(H,16,19)(H,17,18). The average molecular weight is 277 g/mol. The molecule has 1 atom stereocenters. The lowest BCUT2D eigenvalue weighted by Gasteiger charge is -2.17. The molecule has 1 fully saturated rings. The maximum absolute atomic E-state index is 12.0. The molecular weight excluding hydrogens is 258 g/mol. The number of ether oxygens (including phenoxy) is 1. The Morgan fingerprint density at radius 1 is 1.35 bits per heavy atom. The minimum absolute atomic E-state index is 0.0755. The molecule has 1 unspecified atom stereocenters. The Morgan fingerprint density at radius 3 is 2.45 bits per heavy atom. The third kappa shape index (κ3) is 3.50. The molecule has 1 aliphatic carbocycles. The van der Waals surface area contributed by atoms with E-state index in [0.717, 1.165) is 18.4 Å². The van der Waals surface area contributed by atoms with Crippen molar-refractivity contribution in [2.24, 2.45) is 5.41 Å². The molecule has 1 amide bonds. The van der Waals surface area contributed by atoms with Crippen molar-refractivity contribution in [3.05, 3.63) is 29.8 Å². The first-order valence-corrected chi connectivity index (χ1v) is 6.66. The van der Waals surface area contributed by atoms with Crippen molar-refractivity contribution >= 4 is 11.9 Å². The van der Waals surface area contributed by atoms with Crippen molar-refractivity contribution in [3.8, 4) is 5.75 Å². The third-order valence-electron chi connectivity index (χ3n) is 3.64. The van der Waals surface area contributed by atoms with Gasteiger partial charge in [-0.05, 0) is 37.5 Å². The molecule has 1 aromatic rings. The molecule has 0 spiro atoms. The number of carboxylic acids is 1. The zero-order valence-electron chi connectivity index (χ0n) is 11.7. The van der Waals surface area contributed by atoms with Crippen molar-refractivity contribution in [2.45, 2.75) is 32.7 Å². The maximum atomic E-state index is 12.0. The van der Waals surface area contributed by atoms with Crippen molar-refractivity contribution in [1.29, 1.82) is 0 Å². The summed E-state index contributed by atoms with van der Waals surface area (Å²) < 4.78 is 5.06. The Balaban J connectivity index is 1.91. The summed E-state index contributed by atoms with van der Waals surface area (Å²) in [4.78, 5) is 22.4. The van der Waals surface area contributed by atoms with E-state index in [9.17, 15) is 9.59 Å². The molecule has 0 bridgehead atoms. The SMILES string of the molecule is CC(NC(=O)C1(C)CC1)c1ccc(OCC(=O)O)cc1. The number of hydrogen-bond donors (Lipinski definition) is 2. The fraction of sp³-hybridized carbons (Fsp3) is 0.467. The summed E-state index contributed by atoms with van der Waals surface area (Å²) in [5.74, 6) is -0.410.